The molecule has 1 unspecified atom stereocenters. The molecule has 0 rings (SSSR count). The Hall–Kier alpha value is -0.960. The minimum absolute atomic E-state index is 0.385. The van der Waals surface area contributed by atoms with Crippen LogP contribution in [-0.4, -0.2) is 52.4 Å². The summed E-state index contributed by atoms with van der Waals surface area (Å²) in [6.07, 6.45) is 7.63. The summed E-state index contributed by atoms with van der Waals surface area (Å²) in [6.45, 7) is 15.4. The van der Waals surface area contributed by atoms with E-state index in [-0.39, 0.29) is 5.91 Å². The Morgan fingerprint density at radius 3 is 2.30 bits per heavy atom. The maximum atomic E-state index is 13.3. The van der Waals surface area contributed by atoms with Crippen molar-refractivity contribution in [2.45, 2.75) is 77.6 Å². The molecule has 0 heterocycles. The van der Waals surface area contributed by atoms with Gasteiger partial charge in [0, 0.05) is 16.8 Å². The number of allylic oxidation sites excluding steroid dienone is 2. The molecular formula is C22H40N2O4S2. The Morgan fingerprint density at radius 1 is 1.27 bits per heavy atom. The Morgan fingerprint density at radius 2 is 1.87 bits per heavy atom. The maximum Gasteiger partial charge on any atom is 0.328 e. The number of hydrogen-bond donors (Lipinski definition) is 2. The van der Waals surface area contributed by atoms with Crippen LogP contribution in [0.1, 0.15) is 60.8 Å². The van der Waals surface area contributed by atoms with Crippen molar-refractivity contribution >= 4 is 35.0 Å². The van der Waals surface area contributed by atoms with Crippen molar-refractivity contribution in [1.29, 1.82) is 0 Å². The number of nitrogens with one attached hydrogen (secondary N) is 2. The largest absolute Gasteiger partial charge is 0.598 e. The van der Waals surface area contributed by atoms with Gasteiger partial charge in [-0.05, 0) is 65.9 Å². The number of carbonyl (C=O) groups is 2. The van der Waals surface area contributed by atoms with Gasteiger partial charge < -0.3 is 14.6 Å². The first-order valence-electron chi connectivity index (χ1n) is 10.1. The number of thioether (sulfide) groups is 1. The second-order valence-corrected chi connectivity index (χ2v) is 11.8. The van der Waals surface area contributed by atoms with E-state index >= 15 is 0 Å². The number of amides is 1. The Kier molecular flexibility index (Phi) is 13.0. The second kappa shape index (κ2) is 13.5. The monoisotopic (exact) mass is 460 g/mol. The van der Waals surface area contributed by atoms with Gasteiger partial charge in [0.05, 0.1) is 7.11 Å². The lowest BCUT2D eigenvalue weighted by molar-refractivity contribution is -0.145. The van der Waals surface area contributed by atoms with Crippen LogP contribution in [-0.2, 0) is 25.7 Å². The molecule has 0 aliphatic rings. The highest BCUT2D eigenvalue weighted by Crippen LogP contribution is 2.32. The van der Waals surface area contributed by atoms with Crippen LogP contribution in [0.5, 0.6) is 0 Å². The zero-order valence-electron chi connectivity index (χ0n) is 19.8. The molecule has 1 amide bonds. The van der Waals surface area contributed by atoms with E-state index in [9.17, 15) is 14.1 Å². The first kappa shape index (κ1) is 29.0. The van der Waals surface area contributed by atoms with Crippen molar-refractivity contribution in [2.24, 2.45) is 5.41 Å². The van der Waals surface area contributed by atoms with Gasteiger partial charge in [0.1, 0.15) is 16.8 Å². The second-order valence-electron chi connectivity index (χ2n) is 8.83. The van der Waals surface area contributed by atoms with Gasteiger partial charge in [0.2, 0.25) is 5.91 Å². The number of hydrogen-bond acceptors (Lipinski definition) is 6. The molecule has 0 saturated heterocycles. The number of rotatable bonds is 13. The molecule has 4 atom stereocenters. The Balaban J connectivity index is 5.82. The molecule has 0 aromatic rings. The van der Waals surface area contributed by atoms with Crippen LogP contribution in [0, 0.1) is 5.41 Å². The molecule has 0 aromatic heterocycles. The van der Waals surface area contributed by atoms with Gasteiger partial charge in [-0.1, -0.05) is 24.6 Å². The molecule has 0 aliphatic carbocycles. The number of methoxy groups -OCH3 is 1. The van der Waals surface area contributed by atoms with Crippen LogP contribution < -0.4 is 10.0 Å². The van der Waals surface area contributed by atoms with Crippen molar-refractivity contribution in [3.63, 3.8) is 0 Å². The molecule has 0 bridgehead atoms. The van der Waals surface area contributed by atoms with Crippen LogP contribution in [0.25, 0.3) is 0 Å². The van der Waals surface area contributed by atoms with Gasteiger partial charge in [-0.3, -0.25) is 4.79 Å². The van der Waals surface area contributed by atoms with Crippen molar-refractivity contribution in [3.05, 3.63) is 24.3 Å². The first-order chi connectivity index (χ1) is 13.8. The van der Waals surface area contributed by atoms with Crippen LogP contribution >= 0.6 is 11.8 Å². The lowest BCUT2D eigenvalue weighted by Crippen LogP contribution is -2.59. The summed E-state index contributed by atoms with van der Waals surface area (Å²) in [7, 11) is 1.30. The summed E-state index contributed by atoms with van der Waals surface area (Å²) in [5.41, 5.74) is 0.522. The van der Waals surface area contributed by atoms with Gasteiger partial charge in [0.15, 0.2) is 0 Å². The highest BCUT2D eigenvalue weighted by atomic mass is 32.2. The molecule has 0 spiro atoms. The third-order valence-electron chi connectivity index (χ3n) is 4.82. The SMILES string of the molecule is C=C[C@@](C)(CCC=C(C)C)[C@H](N[S+]([O-])C(C)(C)C)C(=O)N[C@@H](CCSC)C(=O)OC. The third-order valence-corrected chi connectivity index (χ3v) is 7.02. The number of ether oxygens (including phenoxy) is 1. The topological polar surface area (TPSA) is 90.5 Å². The molecule has 6 nitrogen and oxygen atoms in total. The average Bonchev–Trinajstić information content (AvgIpc) is 2.66. The van der Waals surface area contributed by atoms with Gasteiger partial charge in [0.25, 0.3) is 0 Å². The van der Waals surface area contributed by atoms with Gasteiger partial charge in [-0.25, -0.2) is 4.79 Å². The fourth-order valence-electron chi connectivity index (χ4n) is 2.69. The van der Waals surface area contributed by atoms with Crippen LogP contribution in [0.2, 0.25) is 0 Å². The van der Waals surface area contributed by atoms with E-state index in [0.29, 0.717) is 18.6 Å². The summed E-state index contributed by atoms with van der Waals surface area (Å²) < 4.78 is 20.2. The van der Waals surface area contributed by atoms with Crippen LogP contribution in [0.15, 0.2) is 24.3 Å². The smallest absolute Gasteiger partial charge is 0.328 e. The molecule has 0 aliphatic heterocycles. The van der Waals surface area contributed by atoms with E-state index < -0.39 is 39.6 Å². The molecule has 174 valence electrons. The minimum Gasteiger partial charge on any atom is -0.598 e. The van der Waals surface area contributed by atoms with Crippen LogP contribution in [0.4, 0.5) is 0 Å². The first-order valence-corrected chi connectivity index (χ1v) is 12.7. The standard InChI is InChI=1S/C22H40N2O4S2/c1-10-22(7,14-11-12-16(2)3)18(24-30(27)21(4,5)6)19(25)23-17(13-15-29-9)20(26)28-8/h10,12,17-18,24H,1,11,13-15H2,2-9H3,(H,23,25)/t17-,18+,22-,30?/m0/s1. The Labute approximate surface area is 190 Å². The molecule has 0 saturated carbocycles. The van der Waals surface area contributed by atoms with E-state index in [2.05, 4.69) is 22.7 Å². The highest BCUT2D eigenvalue weighted by molar-refractivity contribution is 7.98. The fraction of sp³-hybridized carbons (Fsp3) is 0.727. The summed E-state index contributed by atoms with van der Waals surface area (Å²) >= 11 is 0.108. The summed E-state index contributed by atoms with van der Waals surface area (Å²) in [6, 6.07) is -1.57. The summed E-state index contributed by atoms with van der Waals surface area (Å²) in [5, 5.41) is 2.81. The van der Waals surface area contributed by atoms with Crippen molar-refractivity contribution in [2.75, 3.05) is 19.1 Å². The molecule has 30 heavy (non-hydrogen) atoms. The van der Waals surface area contributed by atoms with E-state index in [1.54, 1.807) is 17.8 Å². The molecular weight excluding hydrogens is 420 g/mol. The highest BCUT2D eigenvalue weighted by Gasteiger charge is 2.43. The van der Waals surface area contributed by atoms with Gasteiger partial charge in [-0.15, -0.1) is 11.3 Å². The summed E-state index contributed by atoms with van der Waals surface area (Å²) in [4.78, 5) is 25.5. The van der Waals surface area contributed by atoms with E-state index in [4.69, 9.17) is 4.74 Å². The van der Waals surface area contributed by atoms with E-state index in [0.717, 1.165) is 6.42 Å². The zero-order chi connectivity index (χ0) is 23.5. The van der Waals surface area contributed by atoms with Crippen molar-refractivity contribution in [1.82, 2.24) is 10.0 Å². The minimum atomic E-state index is -1.48. The lowest BCUT2D eigenvalue weighted by atomic mass is 9.78. The van der Waals surface area contributed by atoms with Gasteiger partial charge in [-0.2, -0.15) is 11.8 Å². The predicted molar refractivity (Wildman–Crippen MR) is 129 cm³/mol. The average molecular weight is 461 g/mol. The number of carbonyl (C=O) groups excluding carboxylic acids is 2. The van der Waals surface area contributed by atoms with Crippen molar-refractivity contribution < 1.29 is 18.9 Å². The molecule has 2 N–H and O–H groups in total. The van der Waals surface area contributed by atoms with E-state index in [1.807, 2.05) is 47.8 Å². The Bertz CT molecular complexity index is 600. The number of esters is 1. The quantitative estimate of drug-likeness (QED) is 0.247. The molecule has 8 heteroatoms. The predicted octanol–water partition coefficient (Wildman–Crippen LogP) is 3.76. The van der Waals surface area contributed by atoms with Crippen LogP contribution in [0.3, 0.4) is 0 Å². The zero-order valence-corrected chi connectivity index (χ0v) is 21.4. The molecule has 0 aromatic carbocycles. The molecule has 0 fully saturated rings. The summed E-state index contributed by atoms with van der Waals surface area (Å²) in [5.74, 6) is -0.174. The van der Waals surface area contributed by atoms with Crippen molar-refractivity contribution in [3.8, 4) is 0 Å². The van der Waals surface area contributed by atoms with Gasteiger partial charge >= 0.3 is 5.97 Å². The molecule has 0 radical (unpaired) electrons. The lowest BCUT2D eigenvalue weighted by Gasteiger charge is -2.37. The third kappa shape index (κ3) is 9.90. The fourth-order valence-corrected chi connectivity index (χ4v) is 4.10. The normalized spacial score (nSPS) is 16.6. The maximum absolute atomic E-state index is 13.3. The van der Waals surface area contributed by atoms with E-state index in [1.165, 1.54) is 12.7 Å².